The predicted octanol–water partition coefficient (Wildman–Crippen LogP) is 2.76. The third-order valence-corrected chi connectivity index (χ3v) is 6.72. The molecule has 7 heteroatoms. The molecule has 2 aliphatic rings. The molecular formula is C20H18N2O4S. The molecule has 1 aromatic heterocycles. The number of carbonyl (C=O) groups is 1. The van der Waals surface area contributed by atoms with Crippen LogP contribution in [0.1, 0.15) is 30.9 Å². The fourth-order valence-corrected chi connectivity index (χ4v) is 5.62. The Labute approximate surface area is 157 Å². The van der Waals surface area contributed by atoms with Crippen molar-refractivity contribution in [3.05, 3.63) is 76.1 Å². The second-order valence-electron chi connectivity index (χ2n) is 6.34. The van der Waals surface area contributed by atoms with E-state index in [2.05, 4.69) is 10.3 Å². The topological polar surface area (TPSA) is 85.4 Å². The van der Waals surface area contributed by atoms with E-state index in [1.54, 1.807) is 62.6 Å². The molecule has 27 heavy (non-hydrogen) atoms. The van der Waals surface area contributed by atoms with Crippen LogP contribution in [0.3, 0.4) is 0 Å². The van der Waals surface area contributed by atoms with Crippen LogP contribution in [0.2, 0.25) is 0 Å². The van der Waals surface area contributed by atoms with E-state index in [0.717, 1.165) is 0 Å². The van der Waals surface area contributed by atoms with Crippen LogP contribution in [0.4, 0.5) is 0 Å². The summed E-state index contributed by atoms with van der Waals surface area (Å²) in [6.45, 7) is 3.68. The van der Waals surface area contributed by atoms with E-state index in [-0.39, 0.29) is 16.4 Å². The molecule has 1 aromatic carbocycles. The molecule has 1 atom stereocenters. The SMILES string of the molecule is CCOC(=O)C1=C(C)NC2=C(C1c1cccnc1)S(=O)(=O)c1ccccc12. The Morgan fingerprint density at radius 3 is 2.70 bits per heavy atom. The Morgan fingerprint density at radius 2 is 2.00 bits per heavy atom. The summed E-state index contributed by atoms with van der Waals surface area (Å²) in [7, 11) is -3.76. The first-order chi connectivity index (χ1) is 13.0. The van der Waals surface area contributed by atoms with Gasteiger partial charge in [0, 0.05) is 23.7 Å². The average Bonchev–Trinajstić information content (AvgIpc) is 2.89. The number of nitrogens with one attached hydrogen (secondary N) is 1. The van der Waals surface area contributed by atoms with Crippen LogP contribution in [0.25, 0.3) is 5.70 Å². The molecule has 0 bridgehead atoms. The summed E-state index contributed by atoms with van der Waals surface area (Å²) in [6, 6.07) is 10.4. The van der Waals surface area contributed by atoms with Crippen molar-refractivity contribution in [1.29, 1.82) is 0 Å². The van der Waals surface area contributed by atoms with Crippen LogP contribution in [0.15, 0.2) is 69.9 Å². The molecule has 0 fully saturated rings. The number of hydrogen-bond acceptors (Lipinski definition) is 6. The van der Waals surface area contributed by atoms with Gasteiger partial charge in [-0.05, 0) is 31.5 Å². The fraction of sp³-hybridized carbons (Fsp3) is 0.200. The second-order valence-corrected chi connectivity index (χ2v) is 8.23. The van der Waals surface area contributed by atoms with E-state index >= 15 is 0 Å². The number of sulfone groups is 1. The maximum atomic E-state index is 13.3. The molecule has 1 N–H and O–H groups in total. The van der Waals surface area contributed by atoms with Crippen LogP contribution in [0, 0.1) is 0 Å². The lowest BCUT2D eigenvalue weighted by Gasteiger charge is -2.28. The van der Waals surface area contributed by atoms with Gasteiger partial charge in [0.15, 0.2) is 0 Å². The summed E-state index contributed by atoms with van der Waals surface area (Å²) in [5, 5.41) is 3.14. The van der Waals surface area contributed by atoms with Crippen molar-refractivity contribution in [3.63, 3.8) is 0 Å². The van der Waals surface area contributed by atoms with Crippen LogP contribution < -0.4 is 5.32 Å². The first kappa shape index (κ1) is 17.5. The van der Waals surface area contributed by atoms with E-state index < -0.39 is 21.7 Å². The number of fused-ring (bicyclic) bond motifs is 2. The maximum Gasteiger partial charge on any atom is 0.336 e. The van der Waals surface area contributed by atoms with Gasteiger partial charge < -0.3 is 10.1 Å². The largest absolute Gasteiger partial charge is 0.463 e. The Balaban J connectivity index is 1.99. The van der Waals surface area contributed by atoms with Gasteiger partial charge in [-0.25, -0.2) is 13.2 Å². The van der Waals surface area contributed by atoms with E-state index in [9.17, 15) is 13.2 Å². The Hall–Kier alpha value is -2.93. The van der Waals surface area contributed by atoms with Gasteiger partial charge in [0.2, 0.25) is 9.84 Å². The van der Waals surface area contributed by atoms with Gasteiger partial charge >= 0.3 is 5.97 Å². The molecule has 0 amide bonds. The summed E-state index contributed by atoms with van der Waals surface area (Å²) in [6.07, 6.45) is 3.20. The van der Waals surface area contributed by atoms with Crippen molar-refractivity contribution in [2.45, 2.75) is 24.7 Å². The number of benzene rings is 1. The number of allylic oxidation sites excluding steroid dienone is 2. The van der Waals surface area contributed by atoms with E-state index in [4.69, 9.17) is 4.74 Å². The lowest BCUT2D eigenvalue weighted by molar-refractivity contribution is -0.138. The third kappa shape index (κ3) is 2.57. The van der Waals surface area contributed by atoms with Gasteiger partial charge in [-0.1, -0.05) is 24.3 Å². The van der Waals surface area contributed by atoms with Crippen LogP contribution in [-0.4, -0.2) is 26.0 Å². The minimum absolute atomic E-state index is 0.172. The van der Waals surface area contributed by atoms with Crippen molar-refractivity contribution in [2.24, 2.45) is 0 Å². The number of hydrogen-bond donors (Lipinski definition) is 1. The molecule has 0 aliphatic carbocycles. The number of dihydropyridines is 1. The summed E-state index contributed by atoms with van der Waals surface area (Å²) in [5.41, 5.74) is 2.63. The fourth-order valence-electron chi connectivity index (χ4n) is 3.67. The molecule has 4 rings (SSSR count). The minimum Gasteiger partial charge on any atom is -0.463 e. The number of aromatic nitrogens is 1. The van der Waals surface area contributed by atoms with Crippen LogP contribution in [0.5, 0.6) is 0 Å². The van der Waals surface area contributed by atoms with Gasteiger partial charge in [-0.2, -0.15) is 0 Å². The lowest BCUT2D eigenvalue weighted by atomic mass is 9.86. The molecule has 6 nitrogen and oxygen atoms in total. The van der Waals surface area contributed by atoms with E-state index in [0.29, 0.717) is 28.1 Å². The number of pyridine rings is 1. The van der Waals surface area contributed by atoms with Crippen molar-refractivity contribution in [1.82, 2.24) is 10.3 Å². The number of ether oxygens (including phenoxy) is 1. The summed E-state index contributed by atoms with van der Waals surface area (Å²) in [4.78, 5) is 17.2. The zero-order valence-corrected chi connectivity index (χ0v) is 15.7. The molecule has 0 radical (unpaired) electrons. The summed E-state index contributed by atoms with van der Waals surface area (Å²) >= 11 is 0. The number of nitrogens with zero attached hydrogens (tertiary/aromatic N) is 1. The van der Waals surface area contributed by atoms with Gasteiger partial charge in [0.1, 0.15) is 0 Å². The predicted molar refractivity (Wildman–Crippen MR) is 100.0 cm³/mol. The average molecular weight is 382 g/mol. The van der Waals surface area contributed by atoms with Gasteiger partial charge in [-0.3, -0.25) is 4.98 Å². The highest BCUT2D eigenvalue weighted by molar-refractivity contribution is 7.96. The van der Waals surface area contributed by atoms with Crippen molar-refractivity contribution in [2.75, 3.05) is 6.61 Å². The first-order valence-electron chi connectivity index (χ1n) is 8.60. The normalized spacial score (nSPS) is 20.0. The Bertz CT molecular complexity index is 1100. The standard InChI is InChI=1S/C20H18N2O4S/c1-3-26-20(23)16-12(2)22-18-14-8-4-5-9-15(14)27(24,25)19(18)17(16)13-7-6-10-21-11-13/h4-11,17,22H,3H2,1-2H3. The highest BCUT2D eigenvalue weighted by atomic mass is 32.2. The van der Waals surface area contributed by atoms with E-state index in [1.807, 2.05) is 0 Å². The first-order valence-corrected chi connectivity index (χ1v) is 10.1. The zero-order valence-electron chi connectivity index (χ0n) is 14.9. The molecule has 2 aliphatic heterocycles. The molecule has 0 saturated carbocycles. The molecule has 0 spiro atoms. The smallest absolute Gasteiger partial charge is 0.336 e. The monoisotopic (exact) mass is 382 g/mol. The number of carbonyl (C=O) groups excluding carboxylic acids is 1. The quantitative estimate of drug-likeness (QED) is 0.822. The molecule has 2 aromatic rings. The third-order valence-electron chi connectivity index (χ3n) is 4.76. The van der Waals surface area contributed by atoms with E-state index in [1.165, 1.54) is 0 Å². The molecule has 138 valence electrons. The van der Waals surface area contributed by atoms with Gasteiger partial charge in [0.05, 0.1) is 33.6 Å². The minimum atomic E-state index is -3.76. The number of esters is 1. The maximum absolute atomic E-state index is 13.3. The number of rotatable bonds is 3. The molecule has 3 heterocycles. The highest BCUT2D eigenvalue weighted by Crippen LogP contribution is 2.50. The van der Waals surface area contributed by atoms with Crippen molar-refractivity contribution in [3.8, 4) is 0 Å². The van der Waals surface area contributed by atoms with Crippen molar-refractivity contribution < 1.29 is 17.9 Å². The highest BCUT2D eigenvalue weighted by Gasteiger charge is 2.46. The lowest BCUT2D eigenvalue weighted by Crippen LogP contribution is -2.29. The second kappa shape index (κ2) is 6.35. The van der Waals surface area contributed by atoms with Crippen molar-refractivity contribution >= 4 is 21.5 Å². The summed E-state index contributed by atoms with van der Waals surface area (Å²) in [5.74, 6) is -1.31. The summed E-state index contributed by atoms with van der Waals surface area (Å²) < 4.78 is 31.9. The zero-order chi connectivity index (χ0) is 19.2. The van der Waals surface area contributed by atoms with Crippen LogP contribution in [-0.2, 0) is 19.4 Å². The molecule has 0 saturated heterocycles. The van der Waals surface area contributed by atoms with Crippen LogP contribution >= 0.6 is 0 Å². The molecular weight excluding hydrogens is 364 g/mol. The molecule has 1 unspecified atom stereocenters. The van der Waals surface area contributed by atoms with Gasteiger partial charge in [0.25, 0.3) is 0 Å². The Morgan fingerprint density at radius 1 is 1.22 bits per heavy atom. The van der Waals surface area contributed by atoms with Gasteiger partial charge in [-0.15, -0.1) is 0 Å². The Kier molecular flexibility index (Phi) is 4.11.